The van der Waals surface area contributed by atoms with E-state index in [1.807, 2.05) is 48.5 Å². The Labute approximate surface area is 168 Å². The van der Waals surface area contributed by atoms with Crippen molar-refractivity contribution in [1.82, 2.24) is 10.2 Å². The molecule has 1 aliphatic heterocycles. The number of rotatable bonds is 3. The highest BCUT2D eigenvalue weighted by atomic mass is 19.1. The van der Waals surface area contributed by atoms with Gasteiger partial charge in [-0.2, -0.15) is 5.10 Å². The van der Waals surface area contributed by atoms with Gasteiger partial charge in [-0.3, -0.25) is 5.10 Å². The average Bonchev–Trinajstić information content (AvgIpc) is 3.38. The lowest BCUT2D eigenvalue weighted by molar-refractivity contribution is 0.623. The van der Waals surface area contributed by atoms with Gasteiger partial charge in [0, 0.05) is 24.3 Å². The minimum atomic E-state index is -0.216. The summed E-state index contributed by atoms with van der Waals surface area (Å²) in [6.07, 6.45) is 2.21. The number of H-pyrrole nitrogens is 1. The van der Waals surface area contributed by atoms with E-state index < -0.39 is 0 Å². The molecule has 0 unspecified atom stereocenters. The summed E-state index contributed by atoms with van der Waals surface area (Å²) in [5.41, 5.74) is 17.8. The summed E-state index contributed by atoms with van der Waals surface area (Å²) < 4.78 is 15.1. The van der Waals surface area contributed by atoms with Crippen LogP contribution in [0.3, 0.4) is 0 Å². The van der Waals surface area contributed by atoms with Crippen LogP contribution >= 0.6 is 0 Å². The molecule has 2 heterocycles. The Morgan fingerprint density at radius 3 is 2.34 bits per heavy atom. The summed E-state index contributed by atoms with van der Waals surface area (Å²) in [6, 6.07) is 17.1. The molecule has 5 N–H and O–H groups in total. The minimum absolute atomic E-state index is 0.216. The highest BCUT2D eigenvalue weighted by Gasteiger charge is 2.20. The molecule has 5 nitrogen and oxygen atoms in total. The maximum absolute atomic E-state index is 15.1. The summed E-state index contributed by atoms with van der Waals surface area (Å²) >= 11 is 0. The summed E-state index contributed by atoms with van der Waals surface area (Å²) in [7, 11) is 0. The van der Waals surface area contributed by atoms with Crippen molar-refractivity contribution in [3.63, 3.8) is 0 Å². The second kappa shape index (κ2) is 6.81. The summed E-state index contributed by atoms with van der Waals surface area (Å²) in [5.74, 6) is 0.183. The van der Waals surface area contributed by atoms with Gasteiger partial charge in [-0.15, -0.1) is 0 Å². The van der Waals surface area contributed by atoms with Gasteiger partial charge in [0.2, 0.25) is 0 Å². The molecule has 5 rings (SSSR count). The SMILES string of the molecule is Nc1ccc(-c2ccc3[nH]nc(N)c3c2-c2ccc(N3CCCC3)c(F)c2)cc1. The standard InChI is InChI=1S/C23H22FN5/c24-18-13-15(5-10-20(18)29-11-1-2-12-29)21-17(14-3-6-16(25)7-4-14)8-9-19-22(21)23(26)28-27-19/h3-10,13H,1-2,11-12,25H2,(H3,26,27,28). The zero-order valence-corrected chi connectivity index (χ0v) is 16.0. The fourth-order valence-corrected chi connectivity index (χ4v) is 4.22. The van der Waals surface area contributed by atoms with Gasteiger partial charge in [0.1, 0.15) is 5.82 Å². The fourth-order valence-electron chi connectivity index (χ4n) is 4.22. The Morgan fingerprint density at radius 1 is 0.897 bits per heavy atom. The van der Waals surface area contributed by atoms with E-state index in [1.54, 1.807) is 6.07 Å². The van der Waals surface area contributed by atoms with E-state index in [2.05, 4.69) is 15.1 Å². The molecule has 3 aromatic carbocycles. The van der Waals surface area contributed by atoms with Crippen LogP contribution in [-0.2, 0) is 0 Å². The monoisotopic (exact) mass is 387 g/mol. The van der Waals surface area contributed by atoms with Crippen molar-refractivity contribution in [3.8, 4) is 22.3 Å². The predicted octanol–water partition coefficient (Wildman–Crippen LogP) is 4.80. The number of fused-ring (bicyclic) bond motifs is 1. The lowest BCUT2D eigenvalue weighted by Gasteiger charge is -2.19. The van der Waals surface area contributed by atoms with Crippen LogP contribution in [0.4, 0.5) is 21.6 Å². The number of benzene rings is 3. The van der Waals surface area contributed by atoms with E-state index in [1.165, 1.54) is 0 Å². The minimum Gasteiger partial charge on any atom is -0.399 e. The average molecular weight is 387 g/mol. The van der Waals surface area contributed by atoms with E-state index >= 15 is 4.39 Å². The van der Waals surface area contributed by atoms with Gasteiger partial charge in [0.05, 0.1) is 16.6 Å². The second-order valence-electron chi connectivity index (χ2n) is 7.50. The van der Waals surface area contributed by atoms with E-state index in [0.717, 1.165) is 59.1 Å². The van der Waals surface area contributed by atoms with Gasteiger partial charge < -0.3 is 16.4 Å². The lowest BCUT2D eigenvalue weighted by atomic mass is 9.91. The fraction of sp³-hybridized carbons (Fsp3) is 0.174. The highest BCUT2D eigenvalue weighted by Crippen LogP contribution is 2.41. The van der Waals surface area contributed by atoms with Gasteiger partial charge in [0.25, 0.3) is 0 Å². The van der Waals surface area contributed by atoms with Crippen LogP contribution in [0.25, 0.3) is 33.2 Å². The van der Waals surface area contributed by atoms with Crippen molar-refractivity contribution in [1.29, 1.82) is 0 Å². The molecule has 0 aliphatic carbocycles. The summed E-state index contributed by atoms with van der Waals surface area (Å²) in [6.45, 7) is 1.80. The first kappa shape index (κ1) is 17.6. The predicted molar refractivity (Wildman–Crippen MR) is 117 cm³/mol. The van der Waals surface area contributed by atoms with Crippen molar-refractivity contribution in [3.05, 3.63) is 60.4 Å². The maximum atomic E-state index is 15.1. The number of halogens is 1. The zero-order chi connectivity index (χ0) is 20.0. The second-order valence-corrected chi connectivity index (χ2v) is 7.50. The molecule has 0 saturated carbocycles. The molecule has 0 atom stereocenters. The molecule has 1 aliphatic rings. The van der Waals surface area contributed by atoms with E-state index in [4.69, 9.17) is 11.5 Å². The molecule has 1 saturated heterocycles. The molecule has 1 aromatic heterocycles. The van der Waals surface area contributed by atoms with Gasteiger partial charge in [0.15, 0.2) is 5.82 Å². The molecule has 0 radical (unpaired) electrons. The van der Waals surface area contributed by atoms with Crippen LogP contribution in [0, 0.1) is 5.82 Å². The molecule has 1 fully saturated rings. The third-order valence-corrected chi connectivity index (χ3v) is 5.66. The number of anilines is 3. The van der Waals surface area contributed by atoms with Crippen LogP contribution in [-0.4, -0.2) is 23.3 Å². The third-order valence-electron chi connectivity index (χ3n) is 5.66. The lowest BCUT2D eigenvalue weighted by Crippen LogP contribution is -2.18. The molecular formula is C23H22FN5. The quantitative estimate of drug-likeness (QED) is 0.441. The van der Waals surface area contributed by atoms with E-state index in [9.17, 15) is 0 Å². The van der Waals surface area contributed by atoms with Crippen molar-refractivity contribution in [2.45, 2.75) is 12.8 Å². The van der Waals surface area contributed by atoms with Gasteiger partial charge >= 0.3 is 0 Å². The van der Waals surface area contributed by atoms with Crippen molar-refractivity contribution in [2.75, 3.05) is 29.5 Å². The number of aromatic nitrogens is 2. The maximum Gasteiger partial charge on any atom is 0.153 e. The number of nitrogens with zero attached hydrogens (tertiary/aromatic N) is 2. The van der Waals surface area contributed by atoms with Gasteiger partial charge in [-0.25, -0.2) is 4.39 Å². The van der Waals surface area contributed by atoms with Crippen molar-refractivity contribution < 1.29 is 4.39 Å². The number of hydrogen-bond donors (Lipinski definition) is 3. The first-order chi connectivity index (χ1) is 14.1. The number of nitrogens with one attached hydrogen (secondary N) is 1. The van der Waals surface area contributed by atoms with Crippen LogP contribution in [0.15, 0.2) is 54.6 Å². The van der Waals surface area contributed by atoms with Gasteiger partial charge in [-0.05, 0) is 59.9 Å². The molecule has 0 bridgehead atoms. The normalized spacial score (nSPS) is 14.0. The number of hydrogen-bond acceptors (Lipinski definition) is 4. The Kier molecular flexibility index (Phi) is 4.12. The summed E-state index contributed by atoms with van der Waals surface area (Å²) in [5, 5.41) is 7.92. The van der Waals surface area contributed by atoms with E-state index in [-0.39, 0.29) is 5.82 Å². The number of nitrogens with two attached hydrogens (primary N) is 2. The summed E-state index contributed by atoms with van der Waals surface area (Å²) in [4.78, 5) is 2.10. The first-order valence-corrected chi connectivity index (χ1v) is 9.79. The Morgan fingerprint density at radius 2 is 1.62 bits per heavy atom. The van der Waals surface area contributed by atoms with Crippen LogP contribution < -0.4 is 16.4 Å². The Hall–Kier alpha value is -3.54. The smallest absolute Gasteiger partial charge is 0.153 e. The van der Waals surface area contributed by atoms with E-state index in [0.29, 0.717) is 17.2 Å². The first-order valence-electron chi connectivity index (χ1n) is 9.79. The number of aromatic amines is 1. The van der Waals surface area contributed by atoms with Crippen molar-refractivity contribution >= 4 is 28.1 Å². The Balaban J connectivity index is 1.72. The third kappa shape index (κ3) is 2.97. The molecule has 29 heavy (non-hydrogen) atoms. The van der Waals surface area contributed by atoms with Crippen LogP contribution in [0.1, 0.15) is 12.8 Å². The Bertz CT molecular complexity index is 1190. The number of nitrogen functional groups attached to an aromatic ring is 2. The molecule has 0 amide bonds. The zero-order valence-electron chi connectivity index (χ0n) is 16.0. The molecule has 0 spiro atoms. The molecule has 6 heteroatoms. The highest BCUT2D eigenvalue weighted by molar-refractivity contribution is 6.07. The van der Waals surface area contributed by atoms with Crippen molar-refractivity contribution in [2.24, 2.45) is 0 Å². The van der Waals surface area contributed by atoms with Gasteiger partial charge in [-0.1, -0.05) is 24.3 Å². The van der Waals surface area contributed by atoms with Crippen LogP contribution in [0.5, 0.6) is 0 Å². The molecular weight excluding hydrogens is 365 g/mol. The molecule has 146 valence electrons. The van der Waals surface area contributed by atoms with Crippen LogP contribution in [0.2, 0.25) is 0 Å². The largest absolute Gasteiger partial charge is 0.399 e. The molecule has 4 aromatic rings. The topological polar surface area (TPSA) is 84.0 Å².